The van der Waals surface area contributed by atoms with Crippen LogP contribution in [0.25, 0.3) is 6.08 Å². The number of amides is 2. The van der Waals surface area contributed by atoms with Gasteiger partial charge in [-0.25, -0.2) is 0 Å². The molecule has 0 heterocycles. The van der Waals surface area contributed by atoms with E-state index in [1.165, 1.54) is 12.5 Å². The second kappa shape index (κ2) is 8.88. The van der Waals surface area contributed by atoms with Gasteiger partial charge in [0.1, 0.15) is 0 Å². The second-order valence-corrected chi connectivity index (χ2v) is 6.25. The quantitative estimate of drug-likeness (QED) is 0.787. The number of benzene rings is 1. The molecule has 5 heteroatoms. The Bertz CT molecular complexity index is 655. The van der Waals surface area contributed by atoms with Gasteiger partial charge in [-0.1, -0.05) is 31.4 Å². The van der Waals surface area contributed by atoms with E-state index in [-0.39, 0.29) is 18.4 Å². The van der Waals surface area contributed by atoms with Crippen LogP contribution in [0.4, 0.5) is 0 Å². The Morgan fingerprint density at radius 1 is 1.33 bits per heavy atom. The van der Waals surface area contributed by atoms with Crippen LogP contribution in [0.5, 0.6) is 0 Å². The average Bonchev–Trinajstić information content (AvgIpc) is 2.60. The molecule has 0 bridgehead atoms. The number of primary amides is 1. The van der Waals surface area contributed by atoms with Gasteiger partial charge < -0.3 is 11.1 Å². The SMILES string of the molecule is N#Cc1cccc(/C=C\C(=O)N[C@H](CC(N)=O)C2CCCCC2)c1. The molecule has 1 fully saturated rings. The Balaban J connectivity index is 1.99. The van der Waals surface area contributed by atoms with Crippen molar-refractivity contribution in [2.24, 2.45) is 11.7 Å². The number of carbonyl (C=O) groups excluding carboxylic acids is 2. The zero-order valence-corrected chi connectivity index (χ0v) is 13.7. The third kappa shape index (κ3) is 5.54. The lowest BCUT2D eigenvalue weighted by molar-refractivity contribution is -0.120. The molecule has 5 nitrogen and oxygen atoms in total. The number of hydrogen-bond acceptors (Lipinski definition) is 3. The van der Waals surface area contributed by atoms with E-state index < -0.39 is 5.91 Å². The third-order valence-electron chi connectivity index (χ3n) is 4.41. The summed E-state index contributed by atoms with van der Waals surface area (Å²) in [5, 5.41) is 11.8. The molecule has 0 spiro atoms. The molecule has 126 valence electrons. The Morgan fingerprint density at radius 2 is 2.08 bits per heavy atom. The van der Waals surface area contributed by atoms with Crippen molar-refractivity contribution in [3.8, 4) is 6.07 Å². The highest BCUT2D eigenvalue weighted by atomic mass is 16.2. The van der Waals surface area contributed by atoms with E-state index in [4.69, 9.17) is 11.0 Å². The smallest absolute Gasteiger partial charge is 0.244 e. The predicted octanol–water partition coefficient (Wildman–Crippen LogP) is 2.51. The fraction of sp³-hybridized carbons (Fsp3) is 0.421. The summed E-state index contributed by atoms with van der Waals surface area (Å²) in [5.74, 6) is -0.323. The Labute approximate surface area is 142 Å². The van der Waals surface area contributed by atoms with Crippen LogP contribution in [-0.4, -0.2) is 17.9 Å². The number of hydrogen-bond donors (Lipinski definition) is 2. The van der Waals surface area contributed by atoms with Crippen LogP contribution in [0.3, 0.4) is 0 Å². The van der Waals surface area contributed by atoms with Crippen molar-refractivity contribution in [3.63, 3.8) is 0 Å². The van der Waals surface area contributed by atoms with E-state index in [0.29, 0.717) is 11.5 Å². The van der Waals surface area contributed by atoms with E-state index in [1.54, 1.807) is 24.3 Å². The van der Waals surface area contributed by atoms with Crippen molar-refractivity contribution in [3.05, 3.63) is 41.5 Å². The summed E-state index contributed by atoms with van der Waals surface area (Å²) >= 11 is 0. The van der Waals surface area contributed by atoms with Crippen molar-refractivity contribution in [2.75, 3.05) is 0 Å². The molecule has 0 saturated heterocycles. The molecule has 1 aliphatic carbocycles. The minimum atomic E-state index is -0.392. The maximum absolute atomic E-state index is 12.2. The summed E-state index contributed by atoms with van der Waals surface area (Å²) < 4.78 is 0. The van der Waals surface area contributed by atoms with Gasteiger partial charge in [-0.05, 0) is 42.5 Å². The van der Waals surface area contributed by atoms with E-state index >= 15 is 0 Å². The lowest BCUT2D eigenvalue weighted by Crippen LogP contribution is -2.42. The fourth-order valence-electron chi connectivity index (χ4n) is 3.20. The number of nitrogens with one attached hydrogen (secondary N) is 1. The minimum Gasteiger partial charge on any atom is -0.370 e. The first-order chi connectivity index (χ1) is 11.6. The topological polar surface area (TPSA) is 96.0 Å². The monoisotopic (exact) mass is 325 g/mol. The van der Waals surface area contributed by atoms with Gasteiger partial charge >= 0.3 is 0 Å². The van der Waals surface area contributed by atoms with Gasteiger partial charge in [0, 0.05) is 18.5 Å². The van der Waals surface area contributed by atoms with Gasteiger partial charge in [0.05, 0.1) is 11.6 Å². The van der Waals surface area contributed by atoms with Crippen LogP contribution >= 0.6 is 0 Å². The molecule has 1 aromatic rings. The summed E-state index contributed by atoms with van der Waals surface area (Å²) in [6, 6.07) is 8.89. The number of nitriles is 1. The number of carbonyl (C=O) groups is 2. The summed E-state index contributed by atoms with van der Waals surface area (Å²) in [5.41, 5.74) is 6.67. The minimum absolute atomic E-state index is 0.175. The fourth-order valence-corrected chi connectivity index (χ4v) is 3.20. The standard InChI is InChI=1S/C19H23N3O2/c20-13-15-6-4-5-14(11-15)9-10-19(24)22-17(12-18(21)23)16-7-2-1-3-8-16/h4-6,9-11,16-17H,1-3,7-8,12H2,(H2,21,23)(H,22,24)/b10-9-/t17-/m1/s1. The van der Waals surface area contributed by atoms with Crippen LogP contribution in [0.2, 0.25) is 0 Å². The van der Waals surface area contributed by atoms with Gasteiger partial charge in [-0.2, -0.15) is 5.26 Å². The lowest BCUT2D eigenvalue weighted by atomic mass is 9.82. The average molecular weight is 325 g/mol. The van der Waals surface area contributed by atoms with E-state index in [9.17, 15) is 9.59 Å². The Kier molecular flexibility index (Phi) is 6.56. The first-order valence-corrected chi connectivity index (χ1v) is 8.35. The predicted molar refractivity (Wildman–Crippen MR) is 92.5 cm³/mol. The van der Waals surface area contributed by atoms with E-state index in [1.807, 2.05) is 6.07 Å². The van der Waals surface area contributed by atoms with Crippen LogP contribution in [0, 0.1) is 17.2 Å². The van der Waals surface area contributed by atoms with Gasteiger partial charge in [0.15, 0.2) is 0 Å². The highest BCUT2D eigenvalue weighted by molar-refractivity contribution is 5.92. The van der Waals surface area contributed by atoms with Gasteiger partial charge in [0.2, 0.25) is 11.8 Å². The number of nitrogens with zero attached hydrogens (tertiary/aromatic N) is 1. The van der Waals surface area contributed by atoms with Crippen LogP contribution < -0.4 is 11.1 Å². The summed E-state index contributed by atoms with van der Waals surface area (Å²) in [7, 11) is 0. The Hall–Kier alpha value is -2.61. The normalized spacial score (nSPS) is 16.5. The molecule has 2 rings (SSSR count). The number of nitrogens with two attached hydrogens (primary N) is 1. The second-order valence-electron chi connectivity index (χ2n) is 6.25. The summed E-state index contributed by atoms with van der Waals surface area (Å²) in [6.07, 6.45) is 8.79. The zero-order chi connectivity index (χ0) is 17.4. The van der Waals surface area contributed by atoms with Crippen molar-refractivity contribution in [1.82, 2.24) is 5.32 Å². The van der Waals surface area contributed by atoms with Gasteiger partial charge in [-0.3, -0.25) is 9.59 Å². The van der Waals surface area contributed by atoms with Crippen molar-refractivity contribution in [2.45, 2.75) is 44.6 Å². The molecule has 0 aliphatic heterocycles. The number of rotatable bonds is 6. The van der Waals surface area contributed by atoms with E-state index in [0.717, 1.165) is 31.2 Å². The molecule has 1 atom stereocenters. The van der Waals surface area contributed by atoms with Crippen LogP contribution in [0.15, 0.2) is 30.3 Å². The van der Waals surface area contributed by atoms with Gasteiger partial charge in [0.25, 0.3) is 0 Å². The molecule has 3 N–H and O–H groups in total. The highest BCUT2D eigenvalue weighted by Gasteiger charge is 2.25. The molecule has 1 aliphatic rings. The highest BCUT2D eigenvalue weighted by Crippen LogP contribution is 2.27. The maximum atomic E-state index is 12.2. The zero-order valence-electron chi connectivity index (χ0n) is 13.7. The molecule has 1 saturated carbocycles. The van der Waals surface area contributed by atoms with Crippen LogP contribution in [-0.2, 0) is 9.59 Å². The Morgan fingerprint density at radius 3 is 2.75 bits per heavy atom. The summed E-state index contributed by atoms with van der Waals surface area (Å²) in [6.45, 7) is 0. The molecule has 0 radical (unpaired) electrons. The van der Waals surface area contributed by atoms with Crippen molar-refractivity contribution >= 4 is 17.9 Å². The van der Waals surface area contributed by atoms with Crippen LogP contribution in [0.1, 0.15) is 49.7 Å². The molecular weight excluding hydrogens is 302 g/mol. The molecule has 24 heavy (non-hydrogen) atoms. The van der Waals surface area contributed by atoms with Crippen molar-refractivity contribution < 1.29 is 9.59 Å². The largest absolute Gasteiger partial charge is 0.370 e. The maximum Gasteiger partial charge on any atom is 0.244 e. The first kappa shape index (κ1) is 17.7. The summed E-state index contributed by atoms with van der Waals surface area (Å²) in [4.78, 5) is 23.5. The first-order valence-electron chi connectivity index (χ1n) is 8.35. The molecule has 0 aromatic heterocycles. The van der Waals surface area contributed by atoms with E-state index in [2.05, 4.69) is 11.4 Å². The molecule has 0 unspecified atom stereocenters. The van der Waals surface area contributed by atoms with Crippen molar-refractivity contribution in [1.29, 1.82) is 5.26 Å². The lowest BCUT2D eigenvalue weighted by Gasteiger charge is -2.30. The molecular formula is C19H23N3O2. The molecule has 2 amide bonds. The third-order valence-corrected chi connectivity index (χ3v) is 4.41. The molecule has 1 aromatic carbocycles. The van der Waals surface area contributed by atoms with Gasteiger partial charge in [-0.15, -0.1) is 0 Å².